The van der Waals surface area contributed by atoms with Gasteiger partial charge in [0.25, 0.3) is 5.91 Å². The normalized spacial score (nSPS) is 11.8. The van der Waals surface area contributed by atoms with Crippen molar-refractivity contribution in [2.24, 2.45) is 0 Å². The smallest absolute Gasteiger partial charge is 0.261 e. The zero-order chi connectivity index (χ0) is 20.7. The third kappa shape index (κ3) is 6.27. The van der Waals surface area contributed by atoms with Gasteiger partial charge in [-0.05, 0) is 57.0 Å². The minimum Gasteiger partial charge on any atom is -0.484 e. The van der Waals surface area contributed by atoms with Crippen molar-refractivity contribution in [1.29, 1.82) is 0 Å². The summed E-state index contributed by atoms with van der Waals surface area (Å²) in [4.78, 5) is 26.9. The van der Waals surface area contributed by atoms with Crippen LogP contribution in [-0.2, 0) is 16.1 Å². The van der Waals surface area contributed by atoms with Gasteiger partial charge in [0.05, 0.1) is 0 Å². The van der Waals surface area contributed by atoms with E-state index in [2.05, 4.69) is 5.32 Å². The van der Waals surface area contributed by atoms with Crippen LogP contribution in [0.4, 0.5) is 0 Å². The van der Waals surface area contributed by atoms with Gasteiger partial charge < -0.3 is 15.0 Å². The van der Waals surface area contributed by atoms with Gasteiger partial charge in [-0.3, -0.25) is 9.59 Å². The maximum Gasteiger partial charge on any atom is 0.261 e. The molecule has 0 bridgehead atoms. The van der Waals surface area contributed by atoms with Crippen LogP contribution in [0.2, 0.25) is 5.02 Å². The first-order valence-electron chi connectivity index (χ1n) is 9.30. The van der Waals surface area contributed by atoms with E-state index < -0.39 is 6.04 Å². The van der Waals surface area contributed by atoms with Crippen LogP contribution >= 0.6 is 11.6 Å². The summed E-state index contributed by atoms with van der Waals surface area (Å²) in [6.45, 7) is 7.55. The van der Waals surface area contributed by atoms with Gasteiger partial charge in [-0.25, -0.2) is 0 Å². The van der Waals surface area contributed by atoms with Crippen LogP contribution in [0.25, 0.3) is 0 Å². The van der Waals surface area contributed by atoms with Crippen molar-refractivity contribution in [3.63, 3.8) is 0 Å². The number of halogens is 1. The summed E-state index contributed by atoms with van der Waals surface area (Å²) in [6.07, 6.45) is 0. The second-order valence-corrected chi connectivity index (χ2v) is 7.45. The lowest BCUT2D eigenvalue weighted by Crippen LogP contribution is -2.50. The number of carbonyl (C=O) groups is 2. The minimum atomic E-state index is -0.620. The molecule has 0 heterocycles. The third-order valence-corrected chi connectivity index (χ3v) is 4.71. The van der Waals surface area contributed by atoms with E-state index >= 15 is 0 Å². The predicted molar refractivity (Wildman–Crippen MR) is 111 cm³/mol. The van der Waals surface area contributed by atoms with Crippen LogP contribution in [0.5, 0.6) is 5.75 Å². The monoisotopic (exact) mass is 402 g/mol. The quantitative estimate of drug-likeness (QED) is 0.726. The molecule has 0 spiro atoms. The molecule has 2 aromatic rings. The summed E-state index contributed by atoms with van der Waals surface area (Å²) >= 11 is 6.03. The largest absolute Gasteiger partial charge is 0.484 e. The van der Waals surface area contributed by atoms with E-state index in [0.29, 0.717) is 17.3 Å². The molecule has 150 valence electrons. The highest BCUT2D eigenvalue weighted by Crippen LogP contribution is 2.21. The van der Waals surface area contributed by atoms with Crippen LogP contribution in [-0.4, -0.2) is 35.4 Å². The summed E-state index contributed by atoms with van der Waals surface area (Å²) in [5, 5.41) is 3.50. The zero-order valence-corrected chi connectivity index (χ0v) is 17.5. The van der Waals surface area contributed by atoms with Crippen LogP contribution < -0.4 is 10.1 Å². The lowest BCUT2D eigenvalue weighted by atomic mass is 10.1. The van der Waals surface area contributed by atoms with Crippen molar-refractivity contribution in [2.45, 2.75) is 46.3 Å². The Kier molecular flexibility index (Phi) is 7.88. The molecule has 0 aromatic heterocycles. The van der Waals surface area contributed by atoms with Gasteiger partial charge in [0.1, 0.15) is 11.8 Å². The molecule has 2 rings (SSSR count). The molecule has 0 aliphatic rings. The Morgan fingerprint density at radius 2 is 1.79 bits per heavy atom. The van der Waals surface area contributed by atoms with Gasteiger partial charge in [-0.1, -0.05) is 41.9 Å². The lowest BCUT2D eigenvalue weighted by Gasteiger charge is -2.29. The topological polar surface area (TPSA) is 58.6 Å². The number of aryl methyl sites for hydroxylation is 1. The number of benzene rings is 2. The maximum absolute atomic E-state index is 12.9. The molecule has 5 nitrogen and oxygen atoms in total. The van der Waals surface area contributed by atoms with E-state index in [1.54, 1.807) is 25.1 Å². The molecule has 0 fully saturated rings. The fourth-order valence-corrected chi connectivity index (χ4v) is 2.82. The number of carbonyl (C=O) groups excluding carboxylic acids is 2. The van der Waals surface area contributed by atoms with E-state index in [9.17, 15) is 9.59 Å². The van der Waals surface area contributed by atoms with Gasteiger partial charge in [-0.2, -0.15) is 0 Å². The Hall–Kier alpha value is -2.53. The Bertz CT molecular complexity index is 809. The van der Waals surface area contributed by atoms with E-state index in [0.717, 1.165) is 11.1 Å². The summed E-state index contributed by atoms with van der Waals surface area (Å²) in [5.41, 5.74) is 1.82. The molecule has 0 radical (unpaired) electrons. The highest BCUT2D eigenvalue weighted by Gasteiger charge is 2.26. The Labute approximate surface area is 171 Å². The fraction of sp³-hybridized carbons (Fsp3) is 0.364. The molecule has 0 aliphatic carbocycles. The molecule has 0 saturated carbocycles. The van der Waals surface area contributed by atoms with Crippen molar-refractivity contribution >= 4 is 23.4 Å². The van der Waals surface area contributed by atoms with Gasteiger partial charge in [0.2, 0.25) is 5.91 Å². The van der Waals surface area contributed by atoms with Crippen LogP contribution in [0.15, 0.2) is 48.5 Å². The standard InChI is InChI=1S/C22H27ClN2O3/c1-15(2)24-22(27)17(4)25(13-18-8-6-5-7-9-18)21(26)14-28-19-10-11-20(23)16(3)12-19/h5-12,15,17H,13-14H2,1-4H3,(H,24,27)/t17-/m1/s1. The first-order valence-corrected chi connectivity index (χ1v) is 9.68. The number of hydrogen-bond acceptors (Lipinski definition) is 3. The molecule has 0 unspecified atom stereocenters. The van der Waals surface area contributed by atoms with Crippen LogP contribution in [0.3, 0.4) is 0 Å². The predicted octanol–water partition coefficient (Wildman–Crippen LogP) is 3.97. The summed E-state index contributed by atoms with van der Waals surface area (Å²) < 4.78 is 5.65. The highest BCUT2D eigenvalue weighted by molar-refractivity contribution is 6.31. The number of nitrogens with one attached hydrogen (secondary N) is 1. The molecule has 28 heavy (non-hydrogen) atoms. The molecule has 1 atom stereocenters. The number of amides is 2. The van der Waals surface area contributed by atoms with Gasteiger partial charge >= 0.3 is 0 Å². The molecule has 0 aliphatic heterocycles. The average Bonchev–Trinajstić information content (AvgIpc) is 2.66. The Morgan fingerprint density at radius 1 is 1.11 bits per heavy atom. The zero-order valence-electron chi connectivity index (χ0n) is 16.7. The van der Waals surface area contributed by atoms with Crippen LogP contribution in [0.1, 0.15) is 31.9 Å². The molecule has 2 aromatic carbocycles. The van der Waals surface area contributed by atoms with Gasteiger partial charge in [-0.15, -0.1) is 0 Å². The summed E-state index contributed by atoms with van der Waals surface area (Å²) in [7, 11) is 0. The van der Waals surface area contributed by atoms with E-state index in [-0.39, 0.29) is 24.5 Å². The summed E-state index contributed by atoms with van der Waals surface area (Å²) in [5.74, 6) is 0.110. The number of ether oxygens (including phenoxy) is 1. The third-order valence-electron chi connectivity index (χ3n) is 4.29. The van der Waals surface area contributed by atoms with E-state index in [4.69, 9.17) is 16.3 Å². The second-order valence-electron chi connectivity index (χ2n) is 7.05. The van der Waals surface area contributed by atoms with Crippen LogP contribution in [0, 0.1) is 6.92 Å². The van der Waals surface area contributed by atoms with Gasteiger partial charge in [0, 0.05) is 17.6 Å². The second kappa shape index (κ2) is 10.1. The SMILES string of the molecule is Cc1cc(OCC(=O)N(Cc2ccccc2)[C@H](C)C(=O)NC(C)C)ccc1Cl. The summed E-state index contributed by atoms with van der Waals surface area (Å²) in [6, 6.07) is 14.2. The van der Waals surface area contributed by atoms with Crippen molar-refractivity contribution in [2.75, 3.05) is 6.61 Å². The van der Waals surface area contributed by atoms with E-state index in [1.165, 1.54) is 4.90 Å². The first kappa shape index (κ1) is 21.8. The maximum atomic E-state index is 12.9. The minimum absolute atomic E-state index is 0.00285. The van der Waals surface area contributed by atoms with Gasteiger partial charge in [0.15, 0.2) is 6.61 Å². The molecule has 1 N–H and O–H groups in total. The van der Waals surface area contributed by atoms with E-state index in [1.807, 2.05) is 51.1 Å². The molecular formula is C22H27ClN2O3. The highest BCUT2D eigenvalue weighted by atomic mass is 35.5. The molecular weight excluding hydrogens is 376 g/mol. The number of rotatable bonds is 8. The first-order chi connectivity index (χ1) is 13.3. The Balaban J connectivity index is 2.13. The Morgan fingerprint density at radius 3 is 2.39 bits per heavy atom. The van der Waals surface area contributed by atoms with Crippen molar-refractivity contribution in [3.05, 3.63) is 64.7 Å². The fourth-order valence-electron chi connectivity index (χ4n) is 2.70. The lowest BCUT2D eigenvalue weighted by molar-refractivity contribution is -0.142. The van der Waals surface area contributed by atoms with Crippen molar-refractivity contribution < 1.29 is 14.3 Å². The number of nitrogens with zero attached hydrogens (tertiary/aromatic N) is 1. The van der Waals surface area contributed by atoms with Crippen molar-refractivity contribution in [1.82, 2.24) is 10.2 Å². The average molecular weight is 403 g/mol. The molecule has 2 amide bonds. The number of hydrogen-bond donors (Lipinski definition) is 1. The molecule has 0 saturated heterocycles. The van der Waals surface area contributed by atoms with Crippen molar-refractivity contribution in [3.8, 4) is 5.75 Å². The molecule has 6 heteroatoms.